The molecule has 0 fully saturated rings. The lowest BCUT2D eigenvalue weighted by Crippen LogP contribution is -2.14. The first-order valence-electron chi connectivity index (χ1n) is 6.71. The summed E-state index contributed by atoms with van der Waals surface area (Å²) in [5.74, 6) is -2.24. The Kier molecular flexibility index (Phi) is 4.38. The number of amides is 1. The summed E-state index contributed by atoms with van der Waals surface area (Å²) >= 11 is 1.29. The second-order valence-corrected chi connectivity index (χ2v) is 5.61. The minimum Gasteiger partial charge on any atom is -0.302 e. The number of carbonyl (C=O) groups is 1. The summed E-state index contributed by atoms with van der Waals surface area (Å²) in [7, 11) is 0. The number of pyridine rings is 1. The van der Waals surface area contributed by atoms with Crippen LogP contribution in [0.5, 0.6) is 0 Å². The van der Waals surface area contributed by atoms with Crippen LogP contribution in [-0.2, 0) is 11.2 Å². The predicted octanol–water partition coefficient (Wildman–Crippen LogP) is 3.66. The van der Waals surface area contributed by atoms with Crippen molar-refractivity contribution in [2.75, 3.05) is 5.32 Å². The molecule has 0 spiro atoms. The lowest BCUT2D eigenvalue weighted by atomic mass is 10.1. The fraction of sp³-hybridized carbons (Fsp3) is 0.0625. The molecule has 0 unspecified atom stereocenters. The highest BCUT2D eigenvalue weighted by molar-refractivity contribution is 7.14. The lowest BCUT2D eigenvalue weighted by molar-refractivity contribution is -0.115. The third-order valence-electron chi connectivity index (χ3n) is 3.08. The maximum absolute atomic E-state index is 13.1. The zero-order chi connectivity index (χ0) is 16.2. The van der Waals surface area contributed by atoms with Crippen LogP contribution < -0.4 is 5.32 Å². The average Bonchev–Trinajstić information content (AvgIpc) is 3.00. The van der Waals surface area contributed by atoms with Crippen LogP contribution in [0.2, 0.25) is 0 Å². The maximum atomic E-state index is 13.1. The van der Waals surface area contributed by atoms with Crippen LogP contribution in [0, 0.1) is 11.6 Å². The predicted molar refractivity (Wildman–Crippen MR) is 84.0 cm³/mol. The first kappa shape index (κ1) is 15.2. The van der Waals surface area contributed by atoms with E-state index in [-0.39, 0.29) is 12.3 Å². The fourth-order valence-electron chi connectivity index (χ4n) is 1.98. The Balaban J connectivity index is 1.66. The summed E-state index contributed by atoms with van der Waals surface area (Å²) < 4.78 is 26.0. The summed E-state index contributed by atoms with van der Waals surface area (Å²) in [6.07, 6.45) is 3.27. The van der Waals surface area contributed by atoms with Crippen LogP contribution in [0.15, 0.2) is 48.1 Å². The first-order chi connectivity index (χ1) is 11.1. The van der Waals surface area contributed by atoms with Gasteiger partial charge in [-0.15, -0.1) is 11.3 Å². The van der Waals surface area contributed by atoms with Crippen LogP contribution >= 0.6 is 11.3 Å². The summed E-state index contributed by atoms with van der Waals surface area (Å²) in [4.78, 5) is 20.2. The number of hydrogen-bond acceptors (Lipinski definition) is 4. The third kappa shape index (κ3) is 3.75. The number of rotatable bonds is 4. The van der Waals surface area contributed by atoms with Crippen molar-refractivity contribution in [2.24, 2.45) is 0 Å². The van der Waals surface area contributed by atoms with Crippen LogP contribution in [0.4, 0.5) is 13.9 Å². The number of benzene rings is 1. The zero-order valence-corrected chi connectivity index (χ0v) is 12.6. The molecule has 3 rings (SSSR count). The van der Waals surface area contributed by atoms with Gasteiger partial charge in [-0.25, -0.2) is 13.8 Å². The van der Waals surface area contributed by atoms with E-state index in [9.17, 15) is 13.6 Å². The van der Waals surface area contributed by atoms with Gasteiger partial charge >= 0.3 is 0 Å². The minimum absolute atomic E-state index is 0.0542. The molecule has 1 N–H and O–H groups in total. The van der Waals surface area contributed by atoms with E-state index < -0.39 is 11.6 Å². The molecule has 1 amide bonds. The molecule has 7 heteroatoms. The Bertz CT molecular complexity index is 836. The number of carbonyl (C=O) groups excluding carboxylic acids is 1. The van der Waals surface area contributed by atoms with Gasteiger partial charge in [0, 0.05) is 23.3 Å². The van der Waals surface area contributed by atoms with Gasteiger partial charge in [-0.05, 0) is 29.8 Å². The molecule has 0 saturated heterocycles. The molecular formula is C16H11F2N3OS. The van der Waals surface area contributed by atoms with Gasteiger partial charge < -0.3 is 5.32 Å². The molecule has 4 nitrogen and oxygen atoms in total. The second-order valence-electron chi connectivity index (χ2n) is 4.75. The van der Waals surface area contributed by atoms with E-state index in [0.717, 1.165) is 23.4 Å². The molecule has 3 aromatic rings. The Morgan fingerprint density at radius 1 is 1.13 bits per heavy atom. The van der Waals surface area contributed by atoms with E-state index in [0.29, 0.717) is 10.7 Å². The molecule has 0 aliphatic rings. The number of anilines is 1. The smallest absolute Gasteiger partial charge is 0.230 e. The molecule has 2 aromatic heterocycles. The van der Waals surface area contributed by atoms with Crippen molar-refractivity contribution in [3.63, 3.8) is 0 Å². The maximum Gasteiger partial charge on any atom is 0.230 e. The van der Waals surface area contributed by atoms with Gasteiger partial charge in [0.2, 0.25) is 5.91 Å². The normalized spacial score (nSPS) is 10.5. The summed E-state index contributed by atoms with van der Waals surface area (Å²) in [5.41, 5.74) is 2.03. The Hall–Kier alpha value is -2.67. The van der Waals surface area contributed by atoms with Gasteiger partial charge in [-0.3, -0.25) is 9.78 Å². The van der Waals surface area contributed by atoms with Crippen molar-refractivity contribution in [3.8, 4) is 11.3 Å². The molecule has 1 aromatic carbocycles. The average molecular weight is 331 g/mol. The van der Waals surface area contributed by atoms with Crippen molar-refractivity contribution in [3.05, 3.63) is 65.3 Å². The summed E-state index contributed by atoms with van der Waals surface area (Å²) in [6.45, 7) is 0. The van der Waals surface area contributed by atoms with Gasteiger partial charge in [-0.2, -0.15) is 0 Å². The topological polar surface area (TPSA) is 54.9 Å². The molecular weight excluding hydrogens is 320 g/mol. The molecule has 2 heterocycles. The van der Waals surface area contributed by atoms with E-state index in [1.165, 1.54) is 17.4 Å². The minimum atomic E-state index is -0.968. The molecule has 0 aliphatic carbocycles. The number of halogens is 2. The van der Waals surface area contributed by atoms with Gasteiger partial charge in [0.25, 0.3) is 0 Å². The molecule has 0 aliphatic heterocycles. The van der Waals surface area contributed by atoms with E-state index in [4.69, 9.17) is 0 Å². The highest BCUT2D eigenvalue weighted by Crippen LogP contribution is 2.24. The van der Waals surface area contributed by atoms with E-state index in [1.807, 2.05) is 17.5 Å². The van der Waals surface area contributed by atoms with Crippen molar-refractivity contribution < 1.29 is 13.6 Å². The number of hydrogen-bond donors (Lipinski definition) is 1. The summed E-state index contributed by atoms with van der Waals surface area (Å²) in [5, 5.41) is 4.92. The van der Waals surface area contributed by atoms with Gasteiger partial charge in [0.05, 0.1) is 12.1 Å². The van der Waals surface area contributed by atoms with E-state index in [1.54, 1.807) is 12.4 Å². The van der Waals surface area contributed by atoms with Crippen molar-refractivity contribution >= 4 is 22.4 Å². The highest BCUT2D eigenvalue weighted by Gasteiger charge is 2.10. The van der Waals surface area contributed by atoms with Gasteiger partial charge in [0.15, 0.2) is 16.8 Å². The van der Waals surface area contributed by atoms with Gasteiger partial charge in [0.1, 0.15) is 0 Å². The van der Waals surface area contributed by atoms with Crippen molar-refractivity contribution in [1.82, 2.24) is 9.97 Å². The third-order valence-corrected chi connectivity index (χ3v) is 3.83. The molecule has 23 heavy (non-hydrogen) atoms. The molecule has 0 saturated carbocycles. The van der Waals surface area contributed by atoms with Crippen molar-refractivity contribution in [1.29, 1.82) is 0 Å². The number of nitrogens with one attached hydrogen (secondary N) is 1. The Labute approximate surface area is 134 Å². The van der Waals surface area contributed by atoms with E-state index >= 15 is 0 Å². The van der Waals surface area contributed by atoms with Gasteiger partial charge in [-0.1, -0.05) is 6.07 Å². The quantitative estimate of drug-likeness (QED) is 0.794. The highest BCUT2D eigenvalue weighted by atomic mass is 32.1. The first-order valence-corrected chi connectivity index (χ1v) is 7.59. The molecule has 0 atom stereocenters. The van der Waals surface area contributed by atoms with E-state index in [2.05, 4.69) is 15.3 Å². The standard InChI is InChI=1S/C16H11F2N3OS/c17-12-2-1-10(7-13(12)18)8-15(22)21-16-20-14(9-23-16)11-3-5-19-6-4-11/h1-7,9H,8H2,(H,20,21,22). The second kappa shape index (κ2) is 6.62. The monoisotopic (exact) mass is 331 g/mol. The van der Waals surface area contributed by atoms with Crippen LogP contribution in [0.25, 0.3) is 11.3 Å². The van der Waals surface area contributed by atoms with Crippen LogP contribution in [0.3, 0.4) is 0 Å². The Morgan fingerprint density at radius 3 is 2.65 bits per heavy atom. The van der Waals surface area contributed by atoms with Crippen LogP contribution in [0.1, 0.15) is 5.56 Å². The SMILES string of the molecule is O=C(Cc1ccc(F)c(F)c1)Nc1nc(-c2ccncc2)cs1. The number of aromatic nitrogens is 2. The fourth-order valence-corrected chi connectivity index (χ4v) is 2.72. The largest absolute Gasteiger partial charge is 0.302 e. The Morgan fingerprint density at radius 2 is 1.91 bits per heavy atom. The lowest BCUT2D eigenvalue weighted by Gasteiger charge is -2.03. The number of nitrogens with zero attached hydrogens (tertiary/aromatic N) is 2. The molecule has 0 radical (unpaired) electrons. The van der Waals surface area contributed by atoms with Crippen LogP contribution in [-0.4, -0.2) is 15.9 Å². The summed E-state index contributed by atoms with van der Waals surface area (Å²) in [6, 6.07) is 7.04. The molecule has 116 valence electrons. The zero-order valence-electron chi connectivity index (χ0n) is 11.8. The molecule has 0 bridgehead atoms. The number of thiazole rings is 1. The van der Waals surface area contributed by atoms with Crippen molar-refractivity contribution in [2.45, 2.75) is 6.42 Å².